The van der Waals surface area contributed by atoms with Crippen LogP contribution >= 0.6 is 27.5 Å². The highest BCUT2D eigenvalue weighted by Crippen LogP contribution is 2.56. The van der Waals surface area contributed by atoms with Gasteiger partial charge in [0.15, 0.2) is 6.61 Å². The molecule has 2 aliphatic carbocycles. The number of hydrogen-bond donors (Lipinski definition) is 1. The average Bonchev–Trinajstić information content (AvgIpc) is 3.37. The van der Waals surface area contributed by atoms with Gasteiger partial charge >= 0.3 is 5.97 Å². The molecular weight excluding hydrogens is 476 g/mol. The molecule has 3 aliphatic rings. The second kappa shape index (κ2) is 8.30. The largest absolute Gasteiger partial charge is 0.456 e. The van der Waals surface area contributed by atoms with E-state index in [0.717, 1.165) is 24.8 Å². The SMILES string of the molecule is Cc1cc(Br)c(Cl)cc1NC(=O)COC(=O)CCN1C(=O)[C@@H]2[C@H]3CC[C@@H](C3)[C@@H]2C1=O. The molecule has 1 saturated heterocycles. The zero-order valence-corrected chi connectivity index (χ0v) is 18.8. The number of benzene rings is 1. The molecule has 7 nitrogen and oxygen atoms in total. The maximum Gasteiger partial charge on any atom is 0.308 e. The lowest BCUT2D eigenvalue weighted by Crippen LogP contribution is -2.35. The number of nitrogens with one attached hydrogen (secondary N) is 1. The van der Waals surface area contributed by atoms with Crippen LogP contribution in [0.5, 0.6) is 0 Å². The van der Waals surface area contributed by atoms with E-state index in [1.165, 1.54) is 4.90 Å². The second-order valence-corrected chi connectivity index (χ2v) is 9.51. The van der Waals surface area contributed by atoms with Crippen molar-refractivity contribution in [1.82, 2.24) is 4.90 Å². The zero-order valence-electron chi connectivity index (χ0n) is 16.5. The van der Waals surface area contributed by atoms with Gasteiger partial charge in [0.1, 0.15) is 0 Å². The molecule has 2 saturated carbocycles. The number of carbonyl (C=O) groups is 4. The number of rotatable bonds is 6. The molecule has 4 atom stereocenters. The molecule has 3 amide bonds. The Morgan fingerprint density at radius 2 is 1.83 bits per heavy atom. The molecule has 9 heteroatoms. The van der Waals surface area contributed by atoms with Crippen molar-refractivity contribution in [3.8, 4) is 0 Å². The van der Waals surface area contributed by atoms with Crippen molar-refractivity contribution in [1.29, 1.82) is 0 Å². The molecule has 1 aromatic carbocycles. The number of likely N-dealkylation sites (tertiary alicyclic amines) is 1. The summed E-state index contributed by atoms with van der Waals surface area (Å²) in [5.74, 6) is -1.19. The standard InChI is InChI=1S/C21H22BrClN2O5/c1-10-6-13(22)14(23)8-15(10)24-16(26)9-30-17(27)4-5-25-20(28)18-11-2-3-12(7-11)19(18)21(25)29/h6,8,11-12,18-19H,2-5,7,9H2,1H3,(H,24,26)/t11-,12-,18-,19+/m0/s1. The van der Waals surface area contributed by atoms with Gasteiger partial charge in [-0.3, -0.25) is 24.1 Å². The van der Waals surface area contributed by atoms with E-state index in [9.17, 15) is 19.2 Å². The lowest BCUT2D eigenvalue weighted by atomic mass is 9.81. The summed E-state index contributed by atoms with van der Waals surface area (Å²) >= 11 is 9.35. The van der Waals surface area contributed by atoms with Gasteiger partial charge < -0.3 is 10.1 Å². The van der Waals surface area contributed by atoms with E-state index < -0.39 is 18.5 Å². The molecule has 3 fully saturated rings. The topological polar surface area (TPSA) is 92.8 Å². The van der Waals surface area contributed by atoms with Gasteiger partial charge in [-0.1, -0.05) is 11.6 Å². The number of esters is 1. The third-order valence-corrected chi connectivity index (χ3v) is 7.66. The number of imide groups is 1. The number of amides is 3. The summed E-state index contributed by atoms with van der Waals surface area (Å²) in [6.07, 6.45) is 2.88. The van der Waals surface area contributed by atoms with Crippen LogP contribution in [0.25, 0.3) is 0 Å². The van der Waals surface area contributed by atoms with Gasteiger partial charge in [-0.25, -0.2) is 0 Å². The Bertz CT molecular complexity index is 908. The predicted octanol–water partition coefficient (Wildman–Crippen LogP) is 3.31. The lowest BCUT2D eigenvalue weighted by molar-refractivity contribution is -0.149. The Morgan fingerprint density at radius 1 is 1.20 bits per heavy atom. The fourth-order valence-electron chi connectivity index (χ4n) is 5.08. The molecular formula is C21H22BrClN2O5. The van der Waals surface area contributed by atoms with Gasteiger partial charge in [-0.2, -0.15) is 0 Å². The van der Waals surface area contributed by atoms with Crippen LogP contribution in [0.2, 0.25) is 5.02 Å². The summed E-state index contributed by atoms with van der Waals surface area (Å²) in [5.41, 5.74) is 1.33. The van der Waals surface area contributed by atoms with Crippen LogP contribution < -0.4 is 5.32 Å². The fourth-order valence-corrected chi connectivity index (χ4v) is 5.70. The van der Waals surface area contributed by atoms with Gasteiger partial charge in [-0.15, -0.1) is 0 Å². The van der Waals surface area contributed by atoms with Gasteiger partial charge in [0.2, 0.25) is 11.8 Å². The van der Waals surface area contributed by atoms with Crippen molar-refractivity contribution in [2.45, 2.75) is 32.6 Å². The molecule has 1 aliphatic heterocycles. The Hall–Kier alpha value is -1.93. The molecule has 30 heavy (non-hydrogen) atoms. The Kier molecular flexibility index (Phi) is 5.90. The average molecular weight is 498 g/mol. The van der Waals surface area contributed by atoms with Crippen LogP contribution in [-0.2, 0) is 23.9 Å². The molecule has 0 aromatic heterocycles. The van der Waals surface area contributed by atoms with E-state index in [4.69, 9.17) is 16.3 Å². The lowest BCUT2D eigenvalue weighted by Gasteiger charge is -2.19. The molecule has 0 spiro atoms. The molecule has 1 N–H and O–H groups in total. The highest BCUT2D eigenvalue weighted by molar-refractivity contribution is 9.10. The van der Waals surface area contributed by atoms with Gasteiger partial charge in [0.25, 0.3) is 5.91 Å². The maximum absolute atomic E-state index is 12.6. The van der Waals surface area contributed by atoms with Crippen LogP contribution in [-0.4, -0.2) is 41.7 Å². The van der Waals surface area contributed by atoms with E-state index in [1.807, 2.05) is 6.92 Å². The molecule has 0 radical (unpaired) electrons. The first-order valence-electron chi connectivity index (χ1n) is 10.0. The summed E-state index contributed by atoms with van der Waals surface area (Å²) in [6.45, 7) is 1.36. The van der Waals surface area contributed by atoms with E-state index >= 15 is 0 Å². The Labute approximate surface area is 187 Å². The van der Waals surface area contributed by atoms with Crippen molar-refractivity contribution >= 4 is 56.9 Å². The molecule has 2 bridgehead atoms. The van der Waals surface area contributed by atoms with Crippen molar-refractivity contribution < 1.29 is 23.9 Å². The minimum Gasteiger partial charge on any atom is -0.456 e. The predicted molar refractivity (Wildman–Crippen MR) is 113 cm³/mol. The summed E-state index contributed by atoms with van der Waals surface area (Å²) in [7, 11) is 0. The van der Waals surface area contributed by atoms with Crippen molar-refractivity contribution in [3.63, 3.8) is 0 Å². The summed E-state index contributed by atoms with van der Waals surface area (Å²) in [4.78, 5) is 50.6. The third-order valence-electron chi connectivity index (χ3n) is 6.46. The first kappa shape index (κ1) is 21.3. The number of fused-ring (bicyclic) bond motifs is 5. The summed E-state index contributed by atoms with van der Waals surface area (Å²) in [6, 6.07) is 3.38. The summed E-state index contributed by atoms with van der Waals surface area (Å²) < 4.78 is 5.72. The zero-order chi connectivity index (χ0) is 21.6. The van der Waals surface area contributed by atoms with Crippen LogP contribution in [0.15, 0.2) is 16.6 Å². The first-order chi connectivity index (χ1) is 14.3. The van der Waals surface area contributed by atoms with Crippen LogP contribution in [0.3, 0.4) is 0 Å². The number of nitrogens with zero attached hydrogens (tertiary/aromatic N) is 1. The monoisotopic (exact) mass is 496 g/mol. The highest BCUT2D eigenvalue weighted by atomic mass is 79.9. The maximum atomic E-state index is 12.6. The number of carbonyl (C=O) groups excluding carboxylic acids is 4. The van der Waals surface area contributed by atoms with Crippen LogP contribution in [0.4, 0.5) is 5.69 Å². The molecule has 1 aromatic rings. The smallest absolute Gasteiger partial charge is 0.308 e. The highest BCUT2D eigenvalue weighted by Gasteiger charge is 2.60. The van der Waals surface area contributed by atoms with Crippen LogP contribution in [0.1, 0.15) is 31.2 Å². The minimum absolute atomic E-state index is 0.00594. The van der Waals surface area contributed by atoms with E-state index in [1.54, 1.807) is 12.1 Å². The van der Waals surface area contributed by atoms with Gasteiger partial charge in [0, 0.05) is 16.7 Å². The van der Waals surface area contributed by atoms with E-state index in [2.05, 4.69) is 21.2 Å². The third kappa shape index (κ3) is 3.87. The number of aryl methyl sites for hydroxylation is 1. The summed E-state index contributed by atoms with van der Waals surface area (Å²) in [5, 5.41) is 3.10. The van der Waals surface area contributed by atoms with Crippen molar-refractivity contribution in [2.24, 2.45) is 23.7 Å². The van der Waals surface area contributed by atoms with E-state index in [0.29, 0.717) is 27.0 Å². The number of anilines is 1. The van der Waals surface area contributed by atoms with Gasteiger partial charge in [0.05, 0.1) is 23.3 Å². The normalized spacial score (nSPS) is 26.8. The first-order valence-corrected chi connectivity index (χ1v) is 11.2. The molecule has 1 heterocycles. The van der Waals surface area contributed by atoms with Crippen molar-refractivity contribution in [2.75, 3.05) is 18.5 Å². The number of ether oxygens (including phenoxy) is 1. The Morgan fingerprint density at radius 3 is 2.47 bits per heavy atom. The second-order valence-electron chi connectivity index (χ2n) is 8.25. The van der Waals surface area contributed by atoms with Crippen molar-refractivity contribution in [3.05, 3.63) is 27.2 Å². The fraction of sp³-hybridized carbons (Fsp3) is 0.524. The minimum atomic E-state index is -0.628. The molecule has 4 rings (SSSR count). The van der Waals surface area contributed by atoms with Gasteiger partial charge in [-0.05, 0) is 71.6 Å². The van der Waals surface area contributed by atoms with E-state index in [-0.39, 0.29) is 36.6 Å². The molecule has 160 valence electrons. The Balaban J connectivity index is 1.25. The molecule has 0 unspecified atom stereocenters. The van der Waals surface area contributed by atoms with Crippen LogP contribution in [0, 0.1) is 30.6 Å². The quantitative estimate of drug-likeness (QED) is 0.481. The number of halogens is 2. The number of hydrogen-bond acceptors (Lipinski definition) is 5.